The van der Waals surface area contributed by atoms with Crippen LogP contribution >= 0.6 is 0 Å². The van der Waals surface area contributed by atoms with Crippen molar-refractivity contribution in [1.29, 1.82) is 0 Å². The van der Waals surface area contributed by atoms with E-state index < -0.39 is 32.7 Å². The van der Waals surface area contributed by atoms with E-state index in [1.165, 1.54) is 13.2 Å². The van der Waals surface area contributed by atoms with Crippen LogP contribution in [-0.2, 0) is 21.2 Å². The molecule has 0 spiro atoms. The highest BCUT2D eigenvalue weighted by molar-refractivity contribution is 7.89. The number of halogens is 1. The van der Waals surface area contributed by atoms with Gasteiger partial charge in [-0.15, -0.1) is 0 Å². The number of rotatable bonds is 10. The Labute approximate surface area is 163 Å². The van der Waals surface area contributed by atoms with Crippen LogP contribution in [0.25, 0.3) is 0 Å². The first-order valence-corrected chi connectivity index (χ1v) is 10.1. The number of nitrogens with one attached hydrogen (secondary N) is 2. The predicted molar refractivity (Wildman–Crippen MR) is 102 cm³/mol. The lowest BCUT2D eigenvalue weighted by Crippen LogP contribution is -2.48. The molecule has 1 unspecified atom stereocenters. The fourth-order valence-electron chi connectivity index (χ4n) is 2.56. The Hall–Kier alpha value is -2.49. The van der Waals surface area contributed by atoms with Gasteiger partial charge in [0.25, 0.3) is 0 Å². The molecular formula is C19H23FN2O5S. The minimum absolute atomic E-state index is 0.0342. The van der Waals surface area contributed by atoms with Crippen LogP contribution in [0.5, 0.6) is 5.75 Å². The average molecular weight is 410 g/mol. The molecule has 0 radical (unpaired) electrons. The zero-order chi connectivity index (χ0) is 20.6. The third kappa shape index (κ3) is 6.01. The smallest absolute Gasteiger partial charge is 0.245 e. The van der Waals surface area contributed by atoms with E-state index in [0.29, 0.717) is 6.42 Å². The van der Waals surface area contributed by atoms with Crippen LogP contribution in [0.4, 0.5) is 4.39 Å². The number of amides is 1. The van der Waals surface area contributed by atoms with Crippen molar-refractivity contribution in [3.05, 3.63) is 59.9 Å². The number of sulfonamides is 1. The van der Waals surface area contributed by atoms with Crippen LogP contribution < -0.4 is 14.8 Å². The van der Waals surface area contributed by atoms with E-state index in [0.717, 1.165) is 17.7 Å². The van der Waals surface area contributed by atoms with Gasteiger partial charge in [-0.25, -0.2) is 12.8 Å². The summed E-state index contributed by atoms with van der Waals surface area (Å²) in [5.74, 6) is -1.32. The molecule has 0 aliphatic rings. The zero-order valence-electron chi connectivity index (χ0n) is 15.4. The Morgan fingerprint density at radius 2 is 1.93 bits per heavy atom. The lowest BCUT2D eigenvalue weighted by Gasteiger charge is -2.19. The molecule has 152 valence electrons. The van der Waals surface area contributed by atoms with Gasteiger partial charge in [-0.05, 0) is 36.6 Å². The summed E-state index contributed by atoms with van der Waals surface area (Å²) >= 11 is 0. The second kappa shape index (κ2) is 10.2. The summed E-state index contributed by atoms with van der Waals surface area (Å²) in [7, 11) is -2.97. The lowest BCUT2D eigenvalue weighted by atomic mass is 10.1. The molecule has 7 nitrogen and oxygen atoms in total. The highest BCUT2D eigenvalue weighted by Crippen LogP contribution is 2.24. The van der Waals surface area contributed by atoms with Gasteiger partial charge in [0, 0.05) is 13.2 Å². The standard InChI is InChI=1S/C19H23FN2O5S/c1-27-17-9-8-15(20)13-18(17)28(25,26)22-16(19(24)21-10-5-11-23)12-14-6-3-2-4-7-14/h2-4,6-9,13,16,22-23H,5,10-12H2,1H3,(H,21,24). The van der Waals surface area contributed by atoms with Crippen molar-refractivity contribution in [3.8, 4) is 5.75 Å². The SMILES string of the molecule is COc1ccc(F)cc1S(=O)(=O)NC(Cc1ccccc1)C(=O)NCCCO. The number of carbonyl (C=O) groups excluding carboxylic acids is 1. The Kier molecular flexibility index (Phi) is 7.91. The van der Waals surface area contributed by atoms with Gasteiger partial charge in [0.1, 0.15) is 22.5 Å². The van der Waals surface area contributed by atoms with Gasteiger partial charge < -0.3 is 15.2 Å². The molecular weight excluding hydrogens is 387 g/mol. The van der Waals surface area contributed by atoms with Gasteiger partial charge in [0.2, 0.25) is 15.9 Å². The van der Waals surface area contributed by atoms with Crippen LogP contribution in [-0.4, -0.2) is 45.7 Å². The van der Waals surface area contributed by atoms with Gasteiger partial charge in [-0.1, -0.05) is 30.3 Å². The lowest BCUT2D eigenvalue weighted by molar-refractivity contribution is -0.122. The molecule has 0 bridgehead atoms. The number of carbonyl (C=O) groups is 1. The first kappa shape index (κ1) is 21.8. The summed E-state index contributed by atoms with van der Waals surface area (Å²) in [6, 6.07) is 10.9. The van der Waals surface area contributed by atoms with Crippen LogP contribution in [0.1, 0.15) is 12.0 Å². The molecule has 0 heterocycles. The number of aliphatic hydroxyl groups is 1. The maximum Gasteiger partial charge on any atom is 0.245 e. The summed E-state index contributed by atoms with van der Waals surface area (Å²) in [5.41, 5.74) is 0.749. The summed E-state index contributed by atoms with van der Waals surface area (Å²) in [6.07, 6.45) is 0.441. The summed E-state index contributed by atoms with van der Waals surface area (Å²) in [4.78, 5) is 12.1. The molecule has 3 N–H and O–H groups in total. The monoisotopic (exact) mass is 410 g/mol. The van der Waals surface area contributed by atoms with Crippen LogP contribution in [0.15, 0.2) is 53.4 Å². The molecule has 2 rings (SSSR count). The molecule has 9 heteroatoms. The Balaban J connectivity index is 2.29. The molecule has 1 atom stereocenters. The molecule has 0 saturated heterocycles. The van der Waals surface area contributed by atoms with Gasteiger partial charge in [-0.3, -0.25) is 4.79 Å². The second-order valence-electron chi connectivity index (χ2n) is 6.03. The molecule has 0 aromatic heterocycles. The molecule has 0 saturated carbocycles. The average Bonchev–Trinajstić information content (AvgIpc) is 2.68. The largest absolute Gasteiger partial charge is 0.495 e. The molecule has 0 fully saturated rings. The highest BCUT2D eigenvalue weighted by Gasteiger charge is 2.28. The summed E-state index contributed by atoms with van der Waals surface area (Å²) in [6.45, 7) is 0.0987. The number of hydrogen-bond donors (Lipinski definition) is 3. The van der Waals surface area contributed by atoms with Crippen molar-refractivity contribution in [1.82, 2.24) is 10.0 Å². The minimum Gasteiger partial charge on any atom is -0.495 e. The van der Waals surface area contributed by atoms with E-state index in [2.05, 4.69) is 10.0 Å². The predicted octanol–water partition coefficient (Wildman–Crippen LogP) is 1.22. The van der Waals surface area contributed by atoms with Crippen LogP contribution in [0.3, 0.4) is 0 Å². The maximum atomic E-state index is 13.6. The normalized spacial score (nSPS) is 12.4. The maximum absolute atomic E-state index is 13.6. The van der Waals surface area contributed by atoms with Crippen molar-refractivity contribution in [2.24, 2.45) is 0 Å². The first-order chi connectivity index (χ1) is 13.4. The van der Waals surface area contributed by atoms with Crippen molar-refractivity contribution < 1.29 is 27.4 Å². The van der Waals surface area contributed by atoms with E-state index in [1.54, 1.807) is 24.3 Å². The topological polar surface area (TPSA) is 105 Å². The van der Waals surface area contributed by atoms with E-state index in [9.17, 15) is 17.6 Å². The van der Waals surface area contributed by atoms with Gasteiger partial charge in [0.15, 0.2) is 0 Å². The van der Waals surface area contributed by atoms with Crippen molar-refractivity contribution >= 4 is 15.9 Å². The molecule has 0 aliphatic carbocycles. The molecule has 2 aromatic carbocycles. The number of methoxy groups -OCH3 is 1. The Bertz CT molecular complexity index is 890. The van der Waals surface area contributed by atoms with Crippen molar-refractivity contribution in [3.63, 3.8) is 0 Å². The van der Waals surface area contributed by atoms with Gasteiger partial charge >= 0.3 is 0 Å². The van der Waals surface area contributed by atoms with E-state index in [4.69, 9.17) is 9.84 Å². The van der Waals surface area contributed by atoms with Crippen molar-refractivity contribution in [2.45, 2.75) is 23.8 Å². The van der Waals surface area contributed by atoms with E-state index in [1.807, 2.05) is 6.07 Å². The summed E-state index contributed by atoms with van der Waals surface area (Å²) in [5, 5.41) is 11.4. The van der Waals surface area contributed by atoms with Gasteiger partial charge in [0.05, 0.1) is 7.11 Å². The number of hydrogen-bond acceptors (Lipinski definition) is 5. The Morgan fingerprint density at radius 1 is 1.21 bits per heavy atom. The van der Waals surface area contributed by atoms with Gasteiger partial charge in [-0.2, -0.15) is 4.72 Å². The van der Waals surface area contributed by atoms with Crippen LogP contribution in [0.2, 0.25) is 0 Å². The third-order valence-corrected chi connectivity index (χ3v) is 5.44. The van der Waals surface area contributed by atoms with Crippen LogP contribution in [0, 0.1) is 5.82 Å². The van der Waals surface area contributed by atoms with E-state index >= 15 is 0 Å². The quantitative estimate of drug-likeness (QED) is 0.511. The first-order valence-electron chi connectivity index (χ1n) is 8.65. The number of benzene rings is 2. The second-order valence-corrected chi connectivity index (χ2v) is 7.71. The minimum atomic E-state index is -4.25. The van der Waals surface area contributed by atoms with Crippen molar-refractivity contribution in [2.75, 3.05) is 20.3 Å². The molecule has 28 heavy (non-hydrogen) atoms. The molecule has 2 aromatic rings. The molecule has 1 amide bonds. The number of aliphatic hydroxyl groups excluding tert-OH is 1. The third-order valence-electron chi connectivity index (χ3n) is 3.95. The zero-order valence-corrected chi connectivity index (χ0v) is 16.2. The fourth-order valence-corrected chi connectivity index (χ4v) is 3.94. The highest BCUT2D eigenvalue weighted by atomic mass is 32.2. The Morgan fingerprint density at radius 3 is 2.57 bits per heavy atom. The summed E-state index contributed by atoms with van der Waals surface area (Å²) < 4.78 is 46.6. The molecule has 0 aliphatic heterocycles. The number of ether oxygens (including phenoxy) is 1. The fraction of sp³-hybridized carbons (Fsp3) is 0.316. The van der Waals surface area contributed by atoms with E-state index in [-0.39, 0.29) is 25.3 Å².